The zero-order valence-corrected chi connectivity index (χ0v) is 11.0. The van der Waals surface area contributed by atoms with E-state index in [-0.39, 0.29) is 6.04 Å². The molecule has 0 saturated heterocycles. The van der Waals surface area contributed by atoms with E-state index in [4.69, 9.17) is 33.7 Å². The molecular formula is C13H15Cl2NO. The van der Waals surface area contributed by atoms with Crippen LogP contribution in [0.2, 0.25) is 10.0 Å². The quantitative estimate of drug-likeness (QED) is 0.913. The minimum absolute atomic E-state index is 0.104. The molecule has 1 aliphatic heterocycles. The lowest BCUT2D eigenvalue weighted by Crippen LogP contribution is -2.28. The highest BCUT2D eigenvalue weighted by Crippen LogP contribution is 2.24. The summed E-state index contributed by atoms with van der Waals surface area (Å²) in [5.74, 6) is 0.891. The van der Waals surface area contributed by atoms with Gasteiger partial charge in [-0.1, -0.05) is 29.3 Å². The van der Waals surface area contributed by atoms with Crippen LogP contribution in [-0.4, -0.2) is 12.6 Å². The van der Waals surface area contributed by atoms with Gasteiger partial charge in [0.1, 0.15) is 5.76 Å². The number of benzene rings is 1. The standard InChI is InChI=1S/C13H15Cl2NO/c14-10-5-4-9(7-11(10)15)8-12(16)13-3-1-2-6-17-13/h3-5,7,12H,1-2,6,8,16H2. The van der Waals surface area contributed by atoms with Gasteiger partial charge >= 0.3 is 0 Å². The second-order valence-corrected chi connectivity index (χ2v) is 4.97. The van der Waals surface area contributed by atoms with Crippen LogP contribution in [0, 0.1) is 0 Å². The highest BCUT2D eigenvalue weighted by atomic mass is 35.5. The van der Waals surface area contributed by atoms with Crippen LogP contribution >= 0.6 is 23.2 Å². The van der Waals surface area contributed by atoms with Crippen molar-refractivity contribution in [3.63, 3.8) is 0 Å². The summed E-state index contributed by atoms with van der Waals surface area (Å²) in [7, 11) is 0. The van der Waals surface area contributed by atoms with E-state index >= 15 is 0 Å². The Bertz CT molecular complexity index is 431. The van der Waals surface area contributed by atoms with Crippen LogP contribution < -0.4 is 5.73 Å². The van der Waals surface area contributed by atoms with Crippen molar-refractivity contribution >= 4 is 23.2 Å². The van der Waals surface area contributed by atoms with E-state index in [1.807, 2.05) is 12.1 Å². The molecule has 1 heterocycles. The summed E-state index contributed by atoms with van der Waals surface area (Å²) in [5.41, 5.74) is 7.17. The molecule has 0 radical (unpaired) electrons. The molecule has 1 unspecified atom stereocenters. The fourth-order valence-corrected chi connectivity index (χ4v) is 2.18. The number of allylic oxidation sites excluding steroid dienone is 1. The second-order valence-electron chi connectivity index (χ2n) is 4.16. The van der Waals surface area contributed by atoms with Gasteiger partial charge in [0.15, 0.2) is 0 Å². The molecule has 0 fully saturated rings. The molecular weight excluding hydrogens is 257 g/mol. The Hall–Kier alpha value is -0.700. The van der Waals surface area contributed by atoms with Crippen molar-refractivity contribution in [2.45, 2.75) is 25.3 Å². The Morgan fingerprint density at radius 2 is 2.12 bits per heavy atom. The maximum absolute atomic E-state index is 6.10. The minimum atomic E-state index is -0.104. The Morgan fingerprint density at radius 1 is 1.29 bits per heavy atom. The number of nitrogens with two attached hydrogens (primary N) is 1. The lowest BCUT2D eigenvalue weighted by atomic mass is 10.0. The van der Waals surface area contributed by atoms with Gasteiger partial charge in [0.2, 0.25) is 0 Å². The van der Waals surface area contributed by atoms with E-state index in [1.165, 1.54) is 0 Å². The van der Waals surface area contributed by atoms with E-state index in [9.17, 15) is 0 Å². The van der Waals surface area contributed by atoms with Gasteiger partial charge in [-0.25, -0.2) is 0 Å². The highest BCUT2D eigenvalue weighted by Gasteiger charge is 2.14. The molecule has 17 heavy (non-hydrogen) atoms. The highest BCUT2D eigenvalue weighted by molar-refractivity contribution is 6.42. The van der Waals surface area contributed by atoms with E-state index in [0.29, 0.717) is 16.5 Å². The average molecular weight is 272 g/mol. The Morgan fingerprint density at radius 3 is 2.76 bits per heavy atom. The van der Waals surface area contributed by atoms with E-state index in [2.05, 4.69) is 6.08 Å². The minimum Gasteiger partial charge on any atom is -0.497 e. The molecule has 2 rings (SSSR count). The molecule has 92 valence electrons. The number of ether oxygens (including phenoxy) is 1. The molecule has 0 amide bonds. The van der Waals surface area contributed by atoms with Crippen molar-refractivity contribution in [1.82, 2.24) is 0 Å². The topological polar surface area (TPSA) is 35.2 Å². The zero-order valence-electron chi connectivity index (χ0n) is 9.46. The van der Waals surface area contributed by atoms with E-state index in [1.54, 1.807) is 6.07 Å². The first kappa shape index (κ1) is 12.7. The summed E-state index contributed by atoms with van der Waals surface area (Å²) in [5, 5.41) is 1.13. The fraction of sp³-hybridized carbons (Fsp3) is 0.385. The van der Waals surface area contributed by atoms with E-state index in [0.717, 1.165) is 30.8 Å². The van der Waals surface area contributed by atoms with Crippen LogP contribution in [-0.2, 0) is 11.2 Å². The molecule has 1 aromatic rings. The molecule has 0 spiro atoms. The van der Waals surface area contributed by atoms with Crippen molar-refractivity contribution < 1.29 is 4.74 Å². The fourth-order valence-electron chi connectivity index (χ4n) is 1.86. The van der Waals surface area contributed by atoms with Crippen molar-refractivity contribution in [3.05, 3.63) is 45.6 Å². The summed E-state index contributed by atoms with van der Waals surface area (Å²) in [6, 6.07) is 5.49. The van der Waals surface area contributed by atoms with Crippen molar-refractivity contribution in [1.29, 1.82) is 0 Å². The van der Waals surface area contributed by atoms with Crippen LogP contribution in [0.25, 0.3) is 0 Å². The predicted octanol–water partition coefficient (Wildman–Crippen LogP) is 3.56. The van der Waals surface area contributed by atoms with Gasteiger partial charge in [0, 0.05) is 0 Å². The Balaban J connectivity index is 2.04. The van der Waals surface area contributed by atoms with Gasteiger partial charge < -0.3 is 10.5 Å². The van der Waals surface area contributed by atoms with Gasteiger partial charge in [-0.2, -0.15) is 0 Å². The Kier molecular flexibility index (Phi) is 4.32. The molecule has 2 nitrogen and oxygen atoms in total. The molecule has 0 aromatic heterocycles. The third-order valence-corrected chi connectivity index (χ3v) is 3.51. The number of halogens is 2. The summed E-state index contributed by atoms with van der Waals surface area (Å²) < 4.78 is 5.54. The maximum Gasteiger partial charge on any atom is 0.109 e. The average Bonchev–Trinajstić information content (AvgIpc) is 2.35. The number of hydrogen-bond donors (Lipinski definition) is 1. The van der Waals surface area contributed by atoms with Crippen molar-refractivity contribution in [2.24, 2.45) is 5.73 Å². The first-order valence-corrected chi connectivity index (χ1v) is 6.45. The predicted molar refractivity (Wildman–Crippen MR) is 71.4 cm³/mol. The van der Waals surface area contributed by atoms with Gasteiger partial charge in [-0.05, 0) is 43.0 Å². The van der Waals surface area contributed by atoms with Crippen molar-refractivity contribution in [2.75, 3.05) is 6.61 Å². The Labute approximate surface area is 111 Å². The lowest BCUT2D eigenvalue weighted by molar-refractivity contribution is 0.175. The molecule has 0 aliphatic carbocycles. The summed E-state index contributed by atoms with van der Waals surface area (Å²) in [6.07, 6.45) is 4.90. The monoisotopic (exact) mass is 271 g/mol. The summed E-state index contributed by atoms with van der Waals surface area (Å²) in [6.45, 7) is 0.765. The first-order valence-electron chi connectivity index (χ1n) is 5.69. The summed E-state index contributed by atoms with van der Waals surface area (Å²) in [4.78, 5) is 0. The van der Waals surface area contributed by atoms with Crippen LogP contribution in [0.4, 0.5) is 0 Å². The zero-order chi connectivity index (χ0) is 12.3. The van der Waals surface area contributed by atoms with Crippen molar-refractivity contribution in [3.8, 4) is 0 Å². The van der Waals surface area contributed by atoms with Gasteiger partial charge in [0.25, 0.3) is 0 Å². The van der Waals surface area contributed by atoms with Crippen LogP contribution in [0.15, 0.2) is 30.0 Å². The third kappa shape index (κ3) is 3.38. The molecule has 0 bridgehead atoms. The first-order chi connectivity index (χ1) is 8.16. The second kappa shape index (κ2) is 5.76. The van der Waals surface area contributed by atoms with E-state index < -0.39 is 0 Å². The normalized spacial score (nSPS) is 17.2. The third-order valence-electron chi connectivity index (χ3n) is 2.77. The van der Waals surface area contributed by atoms with Crippen LogP contribution in [0.5, 0.6) is 0 Å². The summed E-state index contributed by atoms with van der Waals surface area (Å²) >= 11 is 11.8. The number of hydrogen-bond acceptors (Lipinski definition) is 2. The molecule has 1 aliphatic rings. The number of rotatable bonds is 3. The maximum atomic E-state index is 6.10. The van der Waals surface area contributed by atoms with Crippen LogP contribution in [0.3, 0.4) is 0 Å². The largest absolute Gasteiger partial charge is 0.497 e. The molecule has 4 heteroatoms. The molecule has 1 atom stereocenters. The molecule has 1 aromatic carbocycles. The van der Waals surface area contributed by atoms with Crippen LogP contribution in [0.1, 0.15) is 18.4 Å². The molecule has 2 N–H and O–H groups in total. The van der Waals surface area contributed by atoms with Gasteiger partial charge in [-0.15, -0.1) is 0 Å². The SMILES string of the molecule is NC(Cc1ccc(Cl)c(Cl)c1)C1=CCCCO1. The van der Waals surface area contributed by atoms with Gasteiger partial charge in [0.05, 0.1) is 22.7 Å². The lowest BCUT2D eigenvalue weighted by Gasteiger charge is -2.20. The molecule has 0 saturated carbocycles. The smallest absolute Gasteiger partial charge is 0.109 e. The van der Waals surface area contributed by atoms with Gasteiger partial charge in [-0.3, -0.25) is 0 Å².